The minimum absolute atomic E-state index is 0.0348. The molecule has 1 aliphatic heterocycles. The van der Waals surface area contributed by atoms with Gasteiger partial charge in [0.2, 0.25) is 0 Å². The standard InChI is InChI=1S/C18H21N3O4/c1-3-25-18(24)21-12(2)8-9-13(21)10-11-20-15-7-5-4-6-14(15)19-16(22)17(20)23/h3-7,12-13H,1,8-11H2,2H3,(H,19,22). The number of aromatic amines is 1. The van der Waals surface area contributed by atoms with Gasteiger partial charge < -0.3 is 19.2 Å². The molecule has 7 nitrogen and oxygen atoms in total. The van der Waals surface area contributed by atoms with Gasteiger partial charge in [-0.3, -0.25) is 9.59 Å². The van der Waals surface area contributed by atoms with Crippen molar-refractivity contribution >= 4 is 17.1 Å². The molecule has 2 atom stereocenters. The van der Waals surface area contributed by atoms with E-state index in [0.29, 0.717) is 24.0 Å². The Morgan fingerprint density at radius 2 is 2.12 bits per heavy atom. The van der Waals surface area contributed by atoms with Gasteiger partial charge in [0.1, 0.15) is 0 Å². The molecule has 0 bridgehead atoms. The molecule has 1 aromatic carbocycles. The maximum absolute atomic E-state index is 12.3. The summed E-state index contributed by atoms with van der Waals surface area (Å²) in [6.45, 7) is 5.75. The lowest BCUT2D eigenvalue weighted by atomic mass is 10.1. The number of hydrogen-bond donors (Lipinski definition) is 1. The van der Waals surface area contributed by atoms with Crippen molar-refractivity contribution in [2.75, 3.05) is 0 Å². The number of nitrogens with one attached hydrogen (secondary N) is 1. The van der Waals surface area contributed by atoms with Crippen LogP contribution >= 0.6 is 0 Å². The second kappa shape index (κ2) is 6.96. The number of carbonyl (C=O) groups is 1. The van der Waals surface area contributed by atoms with Crippen molar-refractivity contribution in [3.63, 3.8) is 0 Å². The second-order valence-electron chi connectivity index (χ2n) is 6.25. The summed E-state index contributed by atoms with van der Waals surface area (Å²) in [6, 6.07) is 7.23. The molecule has 2 aromatic rings. The van der Waals surface area contributed by atoms with Crippen LogP contribution in [0.2, 0.25) is 0 Å². The Kier molecular flexibility index (Phi) is 4.74. The summed E-state index contributed by atoms with van der Waals surface area (Å²) in [6.07, 6.45) is 2.99. The van der Waals surface area contributed by atoms with E-state index < -0.39 is 17.2 Å². The van der Waals surface area contributed by atoms with Crippen LogP contribution in [0, 0.1) is 0 Å². The van der Waals surface area contributed by atoms with Crippen molar-refractivity contribution in [3.05, 3.63) is 57.8 Å². The molecule has 1 fully saturated rings. The SMILES string of the molecule is C=COC(=O)N1C(C)CCC1CCn1c(=O)c(=O)[nH]c2ccccc21. The van der Waals surface area contributed by atoms with E-state index in [9.17, 15) is 14.4 Å². The van der Waals surface area contributed by atoms with E-state index in [-0.39, 0.29) is 12.1 Å². The molecule has 1 saturated heterocycles. The maximum atomic E-state index is 12.3. The number of H-pyrrole nitrogens is 1. The maximum Gasteiger partial charge on any atom is 0.415 e. The monoisotopic (exact) mass is 343 g/mol. The van der Waals surface area contributed by atoms with Crippen molar-refractivity contribution in [1.29, 1.82) is 0 Å². The van der Waals surface area contributed by atoms with Crippen LogP contribution in [0.1, 0.15) is 26.2 Å². The molecule has 2 heterocycles. The summed E-state index contributed by atoms with van der Waals surface area (Å²) >= 11 is 0. The highest BCUT2D eigenvalue weighted by atomic mass is 16.5. The van der Waals surface area contributed by atoms with Crippen LogP contribution in [0.4, 0.5) is 4.79 Å². The Hall–Kier alpha value is -2.83. The number of aromatic nitrogens is 2. The molecule has 0 radical (unpaired) electrons. The first-order valence-electron chi connectivity index (χ1n) is 8.34. The first-order valence-corrected chi connectivity index (χ1v) is 8.34. The zero-order valence-corrected chi connectivity index (χ0v) is 14.1. The normalized spacial score (nSPS) is 20.0. The molecule has 7 heteroatoms. The fourth-order valence-corrected chi connectivity index (χ4v) is 3.54. The number of carbonyl (C=O) groups excluding carboxylic acids is 1. The Labute approximate surface area is 144 Å². The van der Waals surface area contributed by atoms with E-state index in [2.05, 4.69) is 11.6 Å². The lowest BCUT2D eigenvalue weighted by molar-refractivity contribution is 0.115. The number of nitrogens with zero attached hydrogens (tertiary/aromatic N) is 2. The summed E-state index contributed by atoms with van der Waals surface area (Å²) < 4.78 is 6.40. The number of hydrogen-bond acceptors (Lipinski definition) is 4. The molecule has 132 valence electrons. The quantitative estimate of drug-likeness (QED) is 0.681. The lowest BCUT2D eigenvalue weighted by Gasteiger charge is -2.27. The van der Waals surface area contributed by atoms with Gasteiger partial charge in [-0.15, -0.1) is 0 Å². The number of aryl methyl sites for hydroxylation is 1. The van der Waals surface area contributed by atoms with E-state index in [4.69, 9.17) is 4.74 Å². The highest BCUT2D eigenvalue weighted by molar-refractivity contribution is 5.74. The van der Waals surface area contributed by atoms with Crippen LogP contribution in [0.25, 0.3) is 11.0 Å². The third-order valence-electron chi connectivity index (χ3n) is 4.75. The van der Waals surface area contributed by atoms with Gasteiger partial charge in [0.25, 0.3) is 0 Å². The predicted molar refractivity (Wildman–Crippen MR) is 94.4 cm³/mol. The molecule has 2 unspecified atom stereocenters. The van der Waals surface area contributed by atoms with Crippen LogP contribution in [-0.2, 0) is 11.3 Å². The number of benzene rings is 1. The number of amides is 1. The first kappa shape index (κ1) is 17.0. The van der Waals surface area contributed by atoms with Crippen molar-refractivity contribution in [2.45, 2.75) is 44.8 Å². The van der Waals surface area contributed by atoms with Gasteiger partial charge in [-0.05, 0) is 38.3 Å². The highest BCUT2D eigenvalue weighted by Crippen LogP contribution is 2.27. The van der Waals surface area contributed by atoms with Gasteiger partial charge in [-0.1, -0.05) is 18.7 Å². The van der Waals surface area contributed by atoms with Gasteiger partial charge >= 0.3 is 17.2 Å². The molecule has 25 heavy (non-hydrogen) atoms. The number of para-hydroxylation sites is 2. The van der Waals surface area contributed by atoms with Crippen molar-refractivity contribution in [2.24, 2.45) is 0 Å². The van der Waals surface area contributed by atoms with Gasteiger partial charge in [0.05, 0.1) is 17.3 Å². The number of likely N-dealkylation sites (tertiary alicyclic amines) is 1. The molecular formula is C18H21N3O4. The molecule has 1 N–H and O–H groups in total. The average Bonchev–Trinajstić information content (AvgIpc) is 2.96. The predicted octanol–water partition coefficient (Wildman–Crippen LogP) is 2.21. The molecule has 0 saturated carbocycles. The Morgan fingerprint density at radius 1 is 1.36 bits per heavy atom. The average molecular weight is 343 g/mol. The van der Waals surface area contributed by atoms with E-state index in [1.807, 2.05) is 13.0 Å². The molecule has 0 aliphatic carbocycles. The van der Waals surface area contributed by atoms with Crippen LogP contribution < -0.4 is 11.1 Å². The molecule has 1 aromatic heterocycles. The summed E-state index contributed by atoms with van der Waals surface area (Å²) in [5, 5.41) is 0. The van der Waals surface area contributed by atoms with Crippen LogP contribution in [-0.4, -0.2) is 32.6 Å². The summed E-state index contributed by atoms with van der Waals surface area (Å²) in [7, 11) is 0. The molecule has 3 rings (SSSR count). The Bertz CT molecular complexity index is 914. The smallest absolute Gasteiger partial charge is 0.415 e. The van der Waals surface area contributed by atoms with Crippen molar-refractivity contribution < 1.29 is 9.53 Å². The van der Waals surface area contributed by atoms with E-state index in [1.165, 1.54) is 4.57 Å². The third kappa shape index (κ3) is 3.22. The lowest BCUT2D eigenvalue weighted by Crippen LogP contribution is -2.41. The fourth-order valence-electron chi connectivity index (χ4n) is 3.54. The van der Waals surface area contributed by atoms with E-state index >= 15 is 0 Å². The van der Waals surface area contributed by atoms with Gasteiger partial charge in [-0.2, -0.15) is 0 Å². The van der Waals surface area contributed by atoms with E-state index in [1.54, 1.807) is 23.1 Å². The number of ether oxygens (including phenoxy) is 1. The number of rotatable bonds is 4. The molecular weight excluding hydrogens is 322 g/mol. The van der Waals surface area contributed by atoms with Crippen LogP contribution in [0.15, 0.2) is 46.7 Å². The van der Waals surface area contributed by atoms with Crippen LogP contribution in [0.5, 0.6) is 0 Å². The van der Waals surface area contributed by atoms with Gasteiger partial charge in [0.15, 0.2) is 0 Å². The third-order valence-corrected chi connectivity index (χ3v) is 4.75. The fraction of sp³-hybridized carbons (Fsp3) is 0.389. The Balaban J connectivity index is 1.86. The minimum atomic E-state index is -0.638. The minimum Gasteiger partial charge on any atom is -0.419 e. The second-order valence-corrected chi connectivity index (χ2v) is 6.25. The largest absolute Gasteiger partial charge is 0.419 e. The molecule has 1 aliphatic rings. The Morgan fingerprint density at radius 3 is 2.88 bits per heavy atom. The zero-order chi connectivity index (χ0) is 18.0. The summed E-state index contributed by atoms with van der Waals surface area (Å²) in [5.41, 5.74) is 0.0829. The summed E-state index contributed by atoms with van der Waals surface area (Å²) in [4.78, 5) is 40.6. The highest BCUT2D eigenvalue weighted by Gasteiger charge is 2.35. The zero-order valence-electron chi connectivity index (χ0n) is 14.1. The van der Waals surface area contributed by atoms with Gasteiger partial charge in [0, 0.05) is 18.6 Å². The van der Waals surface area contributed by atoms with Crippen molar-refractivity contribution in [1.82, 2.24) is 14.5 Å². The molecule has 0 spiro atoms. The molecule has 1 amide bonds. The first-order chi connectivity index (χ1) is 12.0. The van der Waals surface area contributed by atoms with Crippen LogP contribution in [0.3, 0.4) is 0 Å². The van der Waals surface area contributed by atoms with Crippen molar-refractivity contribution in [3.8, 4) is 0 Å². The van der Waals surface area contributed by atoms with E-state index in [0.717, 1.165) is 19.1 Å². The topological polar surface area (TPSA) is 84.4 Å². The number of fused-ring (bicyclic) bond motifs is 1. The summed E-state index contributed by atoms with van der Waals surface area (Å²) in [5.74, 6) is 0. The van der Waals surface area contributed by atoms with Gasteiger partial charge in [-0.25, -0.2) is 4.79 Å².